The molecule has 0 aliphatic rings. The van der Waals surface area contributed by atoms with E-state index in [1.54, 1.807) is 12.1 Å². The molecule has 1 N–H and O–H groups in total. The first-order chi connectivity index (χ1) is 9.51. The van der Waals surface area contributed by atoms with Crippen LogP contribution in [0.3, 0.4) is 0 Å². The lowest BCUT2D eigenvalue weighted by Gasteiger charge is -2.14. The molecule has 0 aliphatic carbocycles. The second-order valence-corrected chi connectivity index (χ2v) is 5.64. The Morgan fingerprint density at radius 3 is 2.60 bits per heavy atom. The average Bonchev–Trinajstić information content (AvgIpc) is 2.44. The first-order valence-corrected chi connectivity index (χ1v) is 7.28. The van der Waals surface area contributed by atoms with Gasteiger partial charge >= 0.3 is 0 Å². The zero-order valence-corrected chi connectivity index (χ0v) is 13.4. The van der Waals surface area contributed by atoms with Gasteiger partial charge in [-0.25, -0.2) is 4.39 Å². The van der Waals surface area contributed by atoms with E-state index in [4.69, 9.17) is 16.3 Å². The van der Waals surface area contributed by atoms with Crippen molar-refractivity contribution < 1.29 is 9.13 Å². The highest BCUT2D eigenvalue weighted by Crippen LogP contribution is 2.35. The largest absolute Gasteiger partial charge is 0.455 e. The first kappa shape index (κ1) is 15.3. The third kappa shape index (κ3) is 3.51. The van der Waals surface area contributed by atoms with Crippen molar-refractivity contribution in [1.29, 1.82) is 0 Å². The molecule has 0 bridgehead atoms. The maximum atomic E-state index is 13.2. The molecular weight excluding hydrogens is 345 g/mol. The molecule has 1 unspecified atom stereocenters. The van der Waals surface area contributed by atoms with Gasteiger partial charge in [-0.2, -0.15) is 0 Å². The van der Waals surface area contributed by atoms with E-state index >= 15 is 0 Å². The molecule has 0 heterocycles. The van der Waals surface area contributed by atoms with Gasteiger partial charge in [0.05, 0.1) is 9.50 Å². The van der Waals surface area contributed by atoms with Gasteiger partial charge in [-0.05, 0) is 59.7 Å². The normalized spacial score (nSPS) is 12.2. The van der Waals surface area contributed by atoms with Gasteiger partial charge in [-0.15, -0.1) is 0 Å². The first-order valence-electron chi connectivity index (χ1n) is 6.11. The van der Waals surface area contributed by atoms with E-state index < -0.39 is 0 Å². The number of benzene rings is 2. The van der Waals surface area contributed by atoms with Crippen molar-refractivity contribution in [2.24, 2.45) is 0 Å². The molecule has 2 rings (SSSR count). The Hall–Kier alpha value is -1.10. The van der Waals surface area contributed by atoms with Crippen molar-refractivity contribution in [2.75, 3.05) is 7.05 Å². The minimum Gasteiger partial charge on any atom is -0.455 e. The van der Waals surface area contributed by atoms with Crippen molar-refractivity contribution in [2.45, 2.75) is 13.0 Å². The minimum atomic E-state index is -0.361. The number of hydrogen-bond donors (Lipinski definition) is 1. The van der Waals surface area contributed by atoms with Gasteiger partial charge in [0.2, 0.25) is 0 Å². The van der Waals surface area contributed by atoms with Crippen molar-refractivity contribution in [3.8, 4) is 11.5 Å². The maximum Gasteiger partial charge on any atom is 0.146 e. The zero-order chi connectivity index (χ0) is 14.7. The van der Waals surface area contributed by atoms with Crippen LogP contribution in [0.25, 0.3) is 0 Å². The Labute approximate surface area is 131 Å². The molecule has 0 spiro atoms. The molecule has 1 atom stereocenters. The summed E-state index contributed by atoms with van der Waals surface area (Å²) in [5.41, 5.74) is 1.06. The molecule has 0 aliphatic heterocycles. The molecule has 0 amide bonds. The Balaban J connectivity index is 2.28. The van der Waals surface area contributed by atoms with Crippen LogP contribution in [0.4, 0.5) is 4.39 Å². The third-order valence-electron chi connectivity index (χ3n) is 3.00. The van der Waals surface area contributed by atoms with Crippen molar-refractivity contribution in [1.82, 2.24) is 5.32 Å². The SMILES string of the molecule is CNC(C)c1ccc(Oc2cc(F)ccc2Br)c(Cl)c1. The lowest BCUT2D eigenvalue weighted by molar-refractivity contribution is 0.473. The lowest BCUT2D eigenvalue weighted by Crippen LogP contribution is -2.12. The molecule has 0 aromatic heterocycles. The van der Waals surface area contributed by atoms with Crippen molar-refractivity contribution >= 4 is 27.5 Å². The zero-order valence-electron chi connectivity index (χ0n) is 11.1. The maximum absolute atomic E-state index is 13.2. The lowest BCUT2D eigenvalue weighted by atomic mass is 10.1. The van der Waals surface area contributed by atoms with E-state index in [0.717, 1.165) is 5.56 Å². The van der Waals surface area contributed by atoms with Gasteiger partial charge < -0.3 is 10.1 Å². The van der Waals surface area contributed by atoms with Crippen molar-refractivity contribution in [3.63, 3.8) is 0 Å². The minimum absolute atomic E-state index is 0.197. The summed E-state index contributed by atoms with van der Waals surface area (Å²) in [6, 6.07) is 10.0. The molecule has 2 aromatic carbocycles. The van der Waals surface area contributed by atoms with Gasteiger partial charge in [0.1, 0.15) is 17.3 Å². The summed E-state index contributed by atoms with van der Waals surface area (Å²) in [5, 5.41) is 3.62. The fourth-order valence-electron chi connectivity index (χ4n) is 1.71. The van der Waals surface area contributed by atoms with Crippen LogP contribution in [0.5, 0.6) is 11.5 Å². The van der Waals surface area contributed by atoms with Crippen LogP contribution in [-0.2, 0) is 0 Å². The fraction of sp³-hybridized carbons (Fsp3) is 0.200. The summed E-state index contributed by atoms with van der Waals surface area (Å²) in [7, 11) is 1.88. The van der Waals surface area contributed by atoms with E-state index in [0.29, 0.717) is 21.0 Å². The van der Waals surface area contributed by atoms with Crippen LogP contribution in [0.15, 0.2) is 40.9 Å². The van der Waals surface area contributed by atoms with Crippen LogP contribution in [-0.4, -0.2) is 7.05 Å². The van der Waals surface area contributed by atoms with E-state index in [2.05, 4.69) is 21.2 Å². The molecule has 0 radical (unpaired) electrons. The van der Waals surface area contributed by atoms with Crippen LogP contribution in [0.1, 0.15) is 18.5 Å². The van der Waals surface area contributed by atoms with Gasteiger partial charge in [0.15, 0.2) is 0 Å². The third-order valence-corrected chi connectivity index (χ3v) is 3.95. The standard InChI is InChI=1S/C15H14BrClFNO/c1-9(19-2)10-3-6-14(13(17)7-10)20-15-8-11(18)4-5-12(15)16/h3-9,19H,1-2H3. The fourth-order valence-corrected chi connectivity index (χ4v) is 2.26. The van der Waals surface area contributed by atoms with E-state index in [9.17, 15) is 4.39 Å². The highest BCUT2D eigenvalue weighted by molar-refractivity contribution is 9.10. The summed E-state index contributed by atoms with van der Waals surface area (Å²) < 4.78 is 19.5. The molecule has 0 saturated carbocycles. The number of nitrogens with one attached hydrogen (secondary N) is 1. The number of hydrogen-bond acceptors (Lipinski definition) is 2. The highest BCUT2D eigenvalue weighted by Gasteiger charge is 2.10. The molecule has 5 heteroatoms. The van der Waals surface area contributed by atoms with Gasteiger partial charge in [-0.1, -0.05) is 17.7 Å². The summed E-state index contributed by atoms with van der Waals surface area (Å²) in [4.78, 5) is 0. The summed E-state index contributed by atoms with van der Waals surface area (Å²) in [6.07, 6.45) is 0. The Morgan fingerprint density at radius 2 is 1.95 bits per heavy atom. The summed E-state index contributed by atoms with van der Waals surface area (Å²) in [5.74, 6) is 0.520. The number of rotatable bonds is 4. The van der Waals surface area contributed by atoms with E-state index in [1.165, 1.54) is 12.1 Å². The summed E-state index contributed by atoms with van der Waals surface area (Å²) >= 11 is 9.53. The van der Waals surface area contributed by atoms with Crippen LogP contribution >= 0.6 is 27.5 Å². The van der Waals surface area contributed by atoms with Crippen molar-refractivity contribution in [3.05, 3.63) is 57.3 Å². The molecule has 0 fully saturated rings. The highest BCUT2D eigenvalue weighted by atomic mass is 79.9. The topological polar surface area (TPSA) is 21.3 Å². The summed E-state index contributed by atoms with van der Waals surface area (Å²) in [6.45, 7) is 2.04. The predicted molar refractivity (Wildman–Crippen MR) is 83.1 cm³/mol. The number of halogens is 3. The predicted octanol–water partition coefficient (Wildman–Crippen LogP) is 5.31. The molecular formula is C15H14BrClFNO. The van der Waals surface area contributed by atoms with Crippen LogP contribution < -0.4 is 10.1 Å². The second-order valence-electron chi connectivity index (χ2n) is 4.38. The molecule has 2 nitrogen and oxygen atoms in total. The monoisotopic (exact) mass is 357 g/mol. The smallest absolute Gasteiger partial charge is 0.146 e. The molecule has 0 saturated heterocycles. The molecule has 106 valence electrons. The number of ether oxygens (including phenoxy) is 1. The van der Waals surface area contributed by atoms with Gasteiger partial charge in [0, 0.05) is 12.1 Å². The van der Waals surface area contributed by atoms with E-state index in [1.807, 2.05) is 26.1 Å². The Kier molecular flexibility index (Phi) is 5.02. The Morgan fingerprint density at radius 1 is 1.20 bits per heavy atom. The van der Waals surface area contributed by atoms with Gasteiger partial charge in [-0.3, -0.25) is 0 Å². The molecule has 2 aromatic rings. The average molecular weight is 359 g/mol. The Bertz CT molecular complexity index is 621. The quantitative estimate of drug-likeness (QED) is 0.799. The van der Waals surface area contributed by atoms with Gasteiger partial charge in [0.25, 0.3) is 0 Å². The van der Waals surface area contributed by atoms with Crippen LogP contribution in [0.2, 0.25) is 5.02 Å². The molecule has 20 heavy (non-hydrogen) atoms. The second kappa shape index (κ2) is 6.57. The van der Waals surface area contributed by atoms with E-state index in [-0.39, 0.29) is 11.9 Å². The van der Waals surface area contributed by atoms with Crippen LogP contribution in [0, 0.1) is 5.82 Å².